The minimum Gasteiger partial charge on any atom is -0.377 e. The van der Waals surface area contributed by atoms with Crippen LogP contribution in [0, 0.1) is 0 Å². The summed E-state index contributed by atoms with van der Waals surface area (Å²) < 4.78 is 5.76. The summed E-state index contributed by atoms with van der Waals surface area (Å²) in [4.78, 5) is 2.59. The quantitative estimate of drug-likeness (QED) is 0.540. The summed E-state index contributed by atoms with van der Waals surface area (Å²) in [6.07, 6.45) is 5.31. The van der Waals surface area contributed by atoms with Crippen LogP contribution >= 0.6 is 0 Å². The van der Waals surface area contributed by atoms with Gasteiger partial charge in [-0.15, -0.1) is 0 Å². The first-order valence-corrected chi connectivity index (χ1v) is 7.37. The Balaban J connectivity index is 2.68. The van der Waals surface area contributed by atoms with Crippen molar-refractivity contribution < 1.29 is 4.74 Å². The van der Waals surface area contributed by atoms with E-state index in [0.29, 0.717) is 6.61 Å². The Hall–Kier alpha value is -0.160. The van der Waals surface area contributed by atoms with Gasteiger partial charge >= 0.3 is 0 Å². The van der Waals surface area contributed by atoms with Gasteiger partial charge in [0.25, 0.3) is 0 Å². The number of nitrogens with two attached hydrogens (primary N) is 1. The highest BCUT2D eigenvalue weighted by molar-refractivity contribution is 4.96. The summed E-state index contributed by atoms with van der Waals surface area (Å²) in [6.45, 7) is 11.7. The van der Waals surface area contributed by atoms with E-state index in [1.54, 1.807) is 0 Å². The second kappa shape index (κ2) is 7.43. The smallest absolute Gasteiger partial charge is 0.0654 e. The molecule has 0 saturated carbocycles. The van der Waals surface area contributed by atoms with Crippen molar-refractivity contribution in [1.82, 2.24) is 10.3 Å². The van der Waals surface area contributed by atoms with Gasteiger partial charge < -0.3 is 4.74 Å². The van der Waals surface area contributed by atoms with Crippen molar-refractivity contribution in [3.63, 3.8) is 0 Å². The fraction of sp³-hybridized carbons (Fsp3) is 1.00. The number of nitrogens with zero attached hydrogens (tertiary/aromatic N) is 1. The van der Waals surface area contributed by atoms with E-state index in [9.17, 15) is 0 Å². The van der Waals surface area contributed by atoms with Crippen molar-refractivity contribution in [1.29, 1.82) is 0 Å². The van der Waals surface area contributed by atoms with E-state index in [1.165, 1.54) is 32.4 Å². The average Bonchev–Trinajstić information content (AvgIpc) is 2.39. The van der Waals surface area contributed by atoms with Crippen LogP contribution < -0.4 is 11.3 Å². The predicted molar refractivity (Wildman–Crippen MR) is 76.3 cm³/mol. The number of hydrogen-bond acceptors (Lipinski definition) is 4. The molecule has 4 heteroatoms. The van der Waals surface area contributed by atoms with Gasteiger partial charge in [0.1, 0.15) is 0 Å². The molecular weight excluding hydrogens is 226 g/mol. The number of ether oxygens (including phenoxy) is 1. The van der Waals surface area contributed by atoms with E-state index >= 15 is 0 Å². The van der Waals surface area contributed by atoms with Gasteiger partial charge in [0.15, 0.2) is 0 Å². The highest BCUT2D eigenvalue weighted by atomic mass is 16.5. The van der Waals surface area contributed by atoms with E-state index in [0.717, 1.165) is 6.42 Å². The summed E-state index contributed by atoms with van der Waals surface area (Å²) in [5.74, 6) is 5.77. The zero-order chi connectivity index (χ0) is 13.6. The third-order valence-electron chi connectivity index (χ3n) is 4.34. The lowest BCUT2D eigenvalue weighted by Gasteiger charge is -2.47. The molecule has 2 atom stereocenters. The Bertz CT molecular complexity index is 229. The topological polar surface area (TPSA) is 50.5 Å². The predicted octanol–water partition coefficient (Wildman–Crippen LogP) is 1.90. The van der Waals surface area contributed by atoms with E-state index < -0.39 is 0 Å². The van der Waals surface area contributed by atoms with Crippen LogP contribution in [-0.2, 0) is 4.74 Å². The Kier molecular flexibility index (Phi) is 6.57. The van der Waals surface area contributed by atoms with Crippen LogP contribution in [0.5, 0.6) is 0 Å². The Morgan fingerprint density at radius 2 is 1.89 bits per heavy atom. The number of rotatable bonds is 7. The van der Waals surface area contributed by atoms with Gasteiger partial charge in [-0.3, -0.25) is 16.2 Å². The lowest BCUT2D eigenvalue weighted by molar-refractivity contribution is -0.0130. The minimum absolute atomic E-state index is 0.0874. The molecule has 0 bridgehead atoms. The lowest BCUT2D eigenvalue weighted by atomic mass is 9.86. The molecule has 2 unspecified atom stereocenters. The molecule has 1 rings (SSSR count). The van der Waals surface area contributed by atoms with Crippen molar-refractivity contribution in [2.75, 3.05) is 19.7 Å². The second-order valence-electron chi connectivity index (χ2n) is 5.86. The first kappa shape index (κ1) is 15.9. The van der Waals surface area contributed by atoms with Gasteiger partial charge in [0.2, 0.25) is 0 Å². The van der Waals surface area contributed by atoms with Gasteiger partial charge in [-0.25, -0.2) is 0 Å². The van der Waals surface area contributed by atoms with Crippen molar-refractivity contribution >= 4 is 0 Å². The van der Waals surface area contributed by atoms with Crippen molar-refractivity contribution in [2.24, 2.45) is 5.84 Å². The highest BCUT2D eigenvalue weighted by Gasteiger charge is 2.38. The second-order valence-corrected chi connectivity index (χ2v) is 5.86. The van der Waals surface area contributed by atoms with E-state index in [1.807, 2.05) is 0 Å². The van der Waals surface area contributed by atoms with Crippen molar-refractivity contribution in [2.45, 2.75) is 71.1 Å². The Morgan fingerprint density at radius 3 is 2.33 bits per heavy atom. The molecule has 0 spiro atoms. The molecule has 0 aromatic carbocycles. The molecule has 4 nitrogen and oxygen atoms in total. The van der Waals surface area contributed by atoms with E-state index in [4.69, 9.17) is 10.6 Å². The summed E-state index contributed by atoms with van der Waals surface area (Å²) >= 11 is 0. The molecule has 1 heterocycles. The maximum absolute atomic E-state index is 5.77. The van der Waals surface area contributed by atoms with Gasteiger partial charge in [-0.05, 0) is 53.1 Å². The number of nitrogens with one attached hydrogen (secondary N) is 1. The lowest BCUT2D eigenvalue weighted by Crippen LogP contribution is -2.63. The SMILES string of the molecule is CCC(C)(C(COC(C)C)NN)N1CCCCC1. The molecule has 0 amide bonds. The first-order valence-electron chi connectivity index (χ1n) is 7.37. The van der Waals surface area contributed by atoms with Crippen molar-refractivity contribution in [3.8, 4) is 0 Å². The van der Waals surface area contributed by atoms with E-state index in [2.05, 4.69) is 38.0 Å². The molecule has 1 fully saturated rings. The van der Waals surface area contributed by atoms with Gasteiger partial charge in [-0.1, -0.05) is 13.3 Å². The van der Waals surface area contributed by atoms with Crippen LogP contribution in [0.25, 0.3) is 0 Å². The normalized spacial score (nSPS) is 23.0. The highest BCUT2D eigenvalue weighted by Crippen LogP contribution is 2.27. The van der Waals surface area contributed by atoms with E-state index in [-0.39, 0.29) is 17.7 Å². The largest absolute Gasteiger partial charge is 0.377 e. The monoisotopic (exact) mass is 257 g/mol. The summed E-state index contributed by atoms with van der Waals surface area (Å²) in [7, 11) is 0. The van der Waals surface area contributed by atoms with Gasteiger partial charge in [-0.2, -0.15) is 0 Å². The van der Waals surface area contributed by atoms with Crippen LogP contribution in [0.3, 0.4) is 0 Å². The number of hydrazine groups is 1. The molecule has 18 heavy (non-hydrogen) atoms. The van der Waals surface area contributed by atoms with Crippen LogP contribution in [0.1, 0.15) is 53.4 Å². The summed E-state index contributed by atoms with van der Waals surface area (Å²) in [5, 5.41) is 0. The van der Waals surface area contributed by atoms with Crippen LogP contribution in [0.15, 0.2) is 0 Å². The molecule has 0 aliphatic carbocycles. The molecule has 0 aromatic rings. The third kappa shape index (κ3) is 3.92. The Labute approximate surface area is 112 Å². The molecular formula is C14H31N3O. The number of hydrogen-bond donors (Lipinski definition) is 2. The average molecular weight is 257 g/mol. The fourth-order valence-corrected chi connectivity index (χ4v) is 2.79. The first-order chi connectivity index (χ1) is 8.54. The maximum atomic E-state index is 5.77. The molecule has 1 aliphatic heterocycles. The van der Waals surface area contributed by atoms with Crippen LogP contribution in [0.2, 0.25) is 0 Å². The van der Waals surface area contributed by atoms with Crippen LogP contribution in [-0.4, -0.2) is 42.3 Å². The minimum atomic E-state index is 0.0874. The molecule has 1 saturated heterocycles. The molecule has 108 valence electrons. The standard InChI is InChI=1S/C14H31N3O/c1-5-14(4,17-9-7-6-8-10-17)13(16-15)11-18-12(2)3/h12-13,16H,5-11,15H2,1-4H3. The summed E-state index contributed by atoms with van der Waals surface area (Å²) in [6, 6.07) is 0.183. The number of likely N-dealkylation sites (tertiary alicyclic amines) is 1. The zero-order valence-corrected chi connectivity index (χ0v) is 12.5. The molecule has 0 aromatic heterocycles. The van der Waals surface area contributed by atoms with Gasteiger partial charge in [0.05, 0.1) is 18.8 Å². The fourth-order valence-electron chi connectivity index (χ4n) is 2.79. The Morgan fingerprint density at radius 1 is 1.28 bits per heavy atom. The molecule has 0 radical (unpaired) electrons. The summed E-state index contributed by atoms with van der Waals surface area (Å²) in [5.41, 5.74) is 3.07. The van der Waals surface area contributed by atoms with Crippen molar-refractivity contribution in [3.05, 3.63) is 0 Å². The third-order valence-corrected chi connectivity index (χ3v) is 4.34. The molecule has 3 N–H and O–H groups in total. The molecule has 1 aliphatic rings. The number of piperidine rings is 1. The van der Waals surface area contributed by atoms with Crippen LogP contribution in [0.4, 0.5) is 0 Å². The van der Waals surface area contributed by atoms with Gasteiger partial charge in [0, 0.05) is 5.54 Å². The zero-order valence-electron chi connectivity index (χ0n) is 12.5. The maximum Gasteiger partial charge on any atom is 0.0654 e.